The predicted octanol–water partition coefficient (Wildman–Crippen LogP) is 3.26. The third-order valence-electron chi connectivity index (χ3n) is 3.24. The van der Waals surface area contributed by atoms with Gasteiger partial charge in [-0.1, -0.05) is 18.0 Å². The van der Waals surface area contributed by atoms with Crippen molar-refractivity contribution in [2.75, 3.05) is 0 Å². The number of halogens is 2. The van der Waals surface area contributed by atoms with Crippen LogP contribution in [-0.4, -0.2) is 6.04 Å². The first kappa shape index (κ1) is 12.3. The SMILES string of the molecule is N#CC1CCCC1NCc1cc(Cl)ccc1F. The van der Waals surface area contributed by atoms with Gasteiger partial charge < -0.3 is 5.32 Å². The van der Waals surface area contributed by atoms with Crippen LogP contribution in [0.3, 0.4) is 0 Å². The molecule has 90 valence electrons. The largest absolute Gasteiger partial charge is 0.309 e. The molecule has 1 aliphatic rings. The van der Waals surface area contributed by atoms with Gasteiger partial charge in [-0.2, -0.15) is 5.26 Å². The molecule has 1 aliphatic carbocycles. The van der Waals surface area contributed by atoms with Crippen molar-refractivity contribution < 1.29 is 4.39 Å². The number of hydrogen-bond donors (Lipinski definition) is 1. The zero-order valence-electron chi connectivity index (χ0n) is 9.42. The number of benzene rings is 1. The fourth-order valence-electron chi connectivity index (χ4n) is 2.28. The zero-order valence-corrected chi connectivity index (χ0v) is 10.2. The van der Waals surface area contributed by atoms with Crippen molar-refractivity contribution in [1.29, 1.82) is 5.26 Å². The number of nitrogens with zero attached hydrogens (tertiary/aromatic N) is 1. The summed E-state index contributed by atoms with van der Waals surface area (Å²) in [5.41, 5.74) is 0.557. The highest BCUT2D eigenvalue weighted by atomic mass is 35.5. The summed E-state index contributed by atoms with van der Waals surface area (Å²) in [5.74, 6) is -0.203. The molecule has 1 aromatic carbocycles. The summed E-state index contributed by atoms with van der Waals surface area (Å²) in [6.45, 7) is 0.426. The molecule has 0 aliphatic heterocycles. The Bertz CT molecular complexity index is 442. The lowest BCUT2D eigenvalue weighted by atomic mass is 10.1. The highest BCUT2D eigenvalue weighted by Gasteiger charge is 2.26. The zero-order chi connectivity index (χ0) is 12.3. The van der Waals surface area contributed by atoms with E-state index in [0.717, 1.165) is 19.3 Å². The van der Waals surface area contributed by atoms with Crippen LogP contribution in [-0.2, 0) is 6.54 Å². The number of nitrogens with one attached hydrogen (secondary N) is 1. The predicted molar refractivity (Wildman–Crippen MR) is 65.0 cm³/mol. The van der Waals surface area contributed by atoms with Gasteiger partial charge >= 0.3 is 0 Å². The average Bonchev–Trinajstić information content (AvgIpc) is 2.77. The van der Waals surface area contributed by atoms with Crippen molar-refractivity contribution >= 4 is 11.6 Å². The average molecular weight is 253 g/mol. The molecule has 2 unspecified atom stereocenters. The fraction of sp³-hybridized carbons (Fsp3) is 0.462. The summed E-state index contributed by atoms with van der Waals surface area (Å²) in [4.78, 5) is 0. The molecule has 0 saturated heterocycles. The molecule has 0 aromatic heterocycles. The van der Waals surface area contributed by atoms with E-state index in [-0.39, 0.29) is 17.8 Å². The summed E-state index contributed by atoms with van der Waals surface area (Å²) in [6.07, 6.45) is 2.99. The van der Waals surface area contributed by atoms with E-state index in [4.69, 9.17) is 16.9 Å². The van der Waals surface area contributed by atoms with Crippen molar-refractivity contribution in [2.24, 2.45) is 5.92 Å². The van der Waals surface area contributed by atoms with Gasteiger partial charge in [-0.15, -0.1) is 0 Å². The lowest BCUT2D eigenvalue weighted by Gasteiger charge is -2.15. The van der Waals surface area contributed by atoms with E-state index < -0.39 is 0 Å². The molecule has 1 aromatic rings. The standard InChI is InChI=1S/C13H14ClFN2/c14-11-4-5-12(15)10(6-11)8-17-13-3-1-2-9(13)7-16/h4-6,9,13,17H,1-3,8H2. The van der Waals surface area contributed by atoms with E-state index in [0.29, 0.717) is 17.1 Å². The Hall–Kier alpha value is -1.11. The second kappa shape index (κ2) is 5.48. The second-order valence-corrected chi connectivity index (χ2v) is 4.83. The summed E-state index contributed by atoms with van der Waals surface area (Å²) in [5, 5.41) is 12.7. The third-order valence-corrected chi connectivity index (χ3v) is 3.48. The van der Waals surface area contributed by atoms with Crippen LogP contribution in [0.4, 0.5) is 4.39 Å². The van der Waals surface area contributed by atoms with Crippen LogP contribution in [0.5, 0.6) is 0 Å². The normalized spacial score (nSPS) is 23.6. The lowest BCUT2D eigenvalue weighted by molar-refractivity contribution is 0.457. The summed E-state index contributed by atoms with van der Waals surface area (Å²) in [6, 6.07) is 7.00. The topological polar surface area (TPSA) is 35.8 Å². The van der Waals surface area contributed by atoms with Crippen LogP contribution in [0.15, 0.2) is 18.2 Å². The van der Waals surface area contributed by atoms with Crippen molar-refractivity contribution in [3.8, 4) is 6.07 Å². The van der Waals surface area contributed by atoms with Crippen molar-refractivity contribution in [2.45, 2.75) is 31.8 Å². The Morgan fingerprint density at radius 1 is 1.47 bits per heavy atom. The van der Waals surface area contributed by atoms with E-state index >= 15 is 0 Å². The van der Waals surface area contributed by atoms with E-state index in [2.05, 4.69) is 11.4 Å². The third kappa shape index (κ3) is 2.96. The van der Waals surface area contributed by atoms with Gasteiger partial charge in [0.1, 0.15) is 5.82 Å². The summed E-state index contributed by atoms with van der Waals surface area (Å²) >= 11 is 5.82. The van der Waals surface area contributed by atoms with Crippen LogP contribution in [0.2, 0.25) is 5.02 Å². The number of nitriles is 1. The molecule has 0 bridgehead atoms. The second-order valence-electron chi connectivity index (χ2n) is 4.39. The monoisotopic (exact) mass is 252 g/mol. The minimum atomic E-state index is -0.256. The maximum absolute atomic E-state index is 13.5. The molecule has 0 amide bonds. The molecule has 2 nitrogen and oxygen atoms in total. The quantitative estimate of drug-likeness (QED) is 0.896. The molecule has 0 heterocycles. The van der Waals surface area contributed by atoms with E-state index in [1.54, 1.807) is 6.07 Å². The first-order valence-electron chi connectivity index (χ1n) is 5.77. The van der Waals surface area contributed by atoms with Gasteiger partial charge in [0.25, 0.3) is 0 Å². The van der Waals surface area contributed by atoms with Gasteiger partial charge in [-0.05, 0) is 31.0 Å². The molecule has 17 heavy (non-hydrogen) atoms. The molecule has 1 saturated carbocycles. The molecule has 4 heteroatoms. The molecule has 0 radical (unpaired) electrons. The van der Waals surface area contributed by atoms with Crippen molar-refractivity contribution in [1.82, 2.24) is 5.32 Å². The minimum Gasteiger partial charge on any atom is -0.309 e. The highest BCUT2D eigenvalue weighted by molar-refractivity contribution is 6.30. The Morgan fingerprint density at radius 3 is 3.06 bits per heavy atom. The van der Waals surface area contributed by atoms with Crippen LogP contribution in [0.25, 0.3) is 0 Å². The highest BCUT2D eigenvalue weighted by Crippen LogP contribution is 2.25. The van der Waals surface area contributed by atoms with Gasteiger partial charge in [-0.3, -0.25) is 0 Å². The Kier molecular flexibility index (Phi) is 3.98. The van der Waals surface area contributed by atoms with E-state index in [1.165, 1.54) is 12.1 Å². The molecule has 1 N–H and O–H groups in total. The molecule has 0 spiro atoms. The van der Waals surface area contributed by atoms with Crippen LogP contribution in [0.1, 0.15) is 24.8 Å². The number of rotatable bonds is 3. The van der Waals surface area contributed by atoms with Crippen molar-refractivity contribution in [3.63, 3.8) is 0 Å². The van der Waals surface area contributed by atoms with Gasteiger partial charge in [-0.25, -0.2) is 4.39 Å². The Balaban J connectivity index is 1.98. The van der Waals surface area contributed by atoms with Crippen LogP contribution >= 0.6 is 11.6 Å². The molecule has 1 fully saturated rings. The van der Waals surface area contributed by atoms with E-state index in [9.17, 15) is 4.39 Å². The van der Waals surface area contributed by atoms with E-state index in [1.807, 2.05) is 0 Å². The van der Waals surface area contributed by atoms with Gasteiger partial charge in [0.2, 0.25) is 0 Å². The molecular formula is C13H14ClFN2. The molecule has 2 atom stereocenters. The van der Waals surface area contributed by atoms with Gasteiger partial charge in [0.05, 0.1) is 12.0 Å². The smallest absolute Gasteiger partial charge is 0.127 e. The van der Waals surface area contributed by atoms with Crippen LogP contribution in [0, 0.1) is 23.1 Å². The summed E-state index contributed by atoms with van der Waals surface area (Å²) in [7, 11) is 0. The first-order valence-corrected chi connectivity index (χ1v) is 6.15. The number of hydrogen-bond acceptors (Lipinski definition) is 2. The minimum absolute atomic E-state index is 0.0530. The summed E-state index contributed by atoms with van der Waals surface area (Å²) < 4.78 is 13.5. The fourth-order valence-corrected chi connectivity index (χ4v) is 2.47. The first-order chi connectivity index (χ1) is 8.20. The van der Waals surface area contributed by atoms with Gasteiger partial charge in [0, 0.05) is 23.2 Å². The lowest BCUT2D eigenvalue weighted by Crippen LogP contribution is -2.31. The molecule has 2 rings (SSSR count). The molecular weight excluding hydrogens is 239 g/mol. The Labute approximate surface area is 105 Å². The van der Waals surface area contributed by atoms with Crippen LogP contribution < -0.4 is 5.32 Å². The Morgan fingerprint density at radius 2 is 2.29 bits per heavy atom. The van der Waals surface area contributed by atoms with Gasteiger partial charge in [0.15, 0.2) is 0 Å². The maximum atomic E-state index is 13.5. The maximum Gasteiger partial charge on any atom is 0.127 e. The van der Waals surface area contributed by atoms with Crippen molar-refractivity contribution in [3.05, 3.63) is 34.6 Å².